The van der Waals surface area contributed by atoms with Gasteiger partial charge in [0.2, 0.25) is 0 Å². The van der Waals surface area contributed by atoms with E-state index in [1.165, 1.54) is 6.20 Å². The van der Waals surface area contributed by atoms with Gasteiger partial charge in [0.05, 0.1) is 11.8 Å². The molecule has 0 bridgehead atoms. The van der Waals surface area contributed by atoms with E-state index in [-0.39, 0.29) is 10.9 Å². The Hall–Kier alpha value is -1.20. The number of halogens is 2. The fourth-order valence-electron chi connectivity index (χ4n) is 1.08. The summed E-state index contributed by atoms with van der Waals surface area (Å²) in [6.07, 6.45) is 1.38. The second kappa shape index (κ2) is 4.12. The van der Waals surface area contributed by atoms with Crippen LogP contribution in [0.5, 0.6) is 5.75 Å². The summed E-state index contributed by atoms with van der Waals surface area (Å²) in [5, 5.41) is 17.3. The molecule has 1 aromatic carbocycles. The van der Waals surface area contributed by atoms with Crippen LogP contribution in [-0.2, 0) is 0 Å². The second-order valence-electron chi connectivity index (χ2n) is 2.77. The number of rotatable bonds is 1. The molecule has 0 saturated heterocycles. The summed E-state index contributed by atoms with van der Waals surface area (Å²) in [5.41, 5.74) is 0.516. The number of phenolic OH excluding ortho intramolecular Hbond substituents is 1. The van der Waals surface area contributed by atoms with Crippen LogP contribution >= 0.6 is 27.5 Å². The summed E-state index contributed by atoms with van der Waals surface area (Å²) in [5.74, 6) is 0.429. The van der Waals surface area contributed by atoms with Gasteiger partial charge in [-0.1, -0.05) is 27.5 Å². The third kappa shape index (κ3) is 2.24. The zero-order chi connectivity index (χ0) is 10.8. The lowest BCUT2D eigenvalue weighted by atomic mass is 10.2. The highest BCUT2D eigenvalue weighted by molar-refractivity contribution is 9.10. The van der Waals surface area contributed by atoms with Crippen molar-refractivity contribution < 1.29 is 5.11 Å². The van der Waals surface area contributed by atoms with Gasteiger partial charge in [-0.3, -0.25) is 0 Å². The average molecular weight is 287 g/mol. The molecule has 2 aromatic rings. The third-order valence-electron chi connectivity index (χ3n) is 1.73. The van der Waals surface area contributed by atoms with Crippen LogP contribution in [0.2, 0.25) is 5.15 Å². The van der Waals surface area contributed by atoms with Crippen LogP contribution in [0.1, 0.15) is 0 Å². The maximum absolute atomic E-state index is 9.64. The Balaban J connectivity index is 2.49. The Bertz CT molecular complexity index is 489. The van der Waals surface area contributed by atoms with Crippen molar-refractivity contribution in [1.29, 1.82) is 0 Å². The van der Waals surface area contributed by atoms with Crippen molar-refractivity contribution in [3.8, 4) is 17.1 Å². The molecule has 2 rings (SSSR count). The molecule has 1 heterocycles. The van der Waals surface area contributed by atoms with E-state index in [1.54, 1.807) is 18.2 Å². The molecule has 4 nitrogen and oxygen atoms in total. The quantitative estimate of drug-likeness (QED) is 0.875. The summed E-state index contributed by atoms with van der Waals surface area (Å²) in [4.78, 5) is 3.96. The van der Waals surface area contributed by atoms with Crippen LogP contribution in [0.3, 0.4) is 0 Å². The molecule has 6 heteroatoms. The molecule has 0 saturated carbocycles. The van der Waals surface area contributed by atoms with Crippen molar-refractivity contribution in [2.45, 2.75) is 0 Å². The molecule has 0 spiro atoms. The molecular formula is C9H5BrClN3O. The average Bonchev–Trinajstić information content (AvgIpc) is 2.20. The van der Waals surface area contributed by atoms with Gasteiger partial charge < -0.3 is 5.11 Å². The van der Waals surface area contributed by atoms with Crippen LogP contribution in [-0.4, -0.2) is 20.3 Å². The lowest BCUT2D eigenvalue weighted by Gasteiger charge is -2.02. The summed E-state index contributed by atoms with van der Waals surface area (Å²) in [6, 6.07) is 5.05. The smallest absolute Gasteiger partial charge is 0.185 e. The highest BCUT2D eigenvalue weighted by Gasteiger charge is 2.07. The topological polar surface area (TPSA) is 58.9 Å². The molecule has 0 amide bonds. The van der Waals surface area contributed by atoms with Gasteiger partial charge in [-0.15, -0.1) is 10.2 Å². The van der Waals surface area contributed by atoms with Gasteiger partial charge in [-0.05, 0) is 18.2 Å². The van der Waals surface area contributed by atoms with E-state index in [1.807, 2.05) is 0 Å². The third-order valence-corrected chi connectivity index (χ3v) is 2.40. The zero-order valence-electron chi connectivity index (χ0n) is 7.35. The van der Waals surface area contributed by atoms with E-state index < -0.39 is 0 Å². The van der Waals surface area contributed by atoms with Crippen molar-refractivity contribution >= 4 is 27.5 Å². The second-order valence-corrected chi connectivity index (χ2v) is 4.07. The van der Waals surface area contributed by atoms with Crippen LogP contribution in [0.15, 0.2) is 28.9 Å². The molecule has 0 aliphatic rings. The molecule has 1 aromatic heterocycles. The minimum absolute atomic E-state index is 0.0912. The fourth-order valence-corrected chi connectivity index (χ4v) is 1.51. The zero-order valence-corrected chi connectivity index (χ0v) is 9.70. The highest BCUT2D eigenvalue weighted by atomic mass is 79.9. The number of phenols is 1. The summed E-state index contributed by atoms with van der Waals surface area (Å²) in [7, 11) is 0. The number of hydrogen-bond acceptors (Lipinski definition) is 4. The van der Waals surface area contributed by atoms with E-state index in [0.29, 0.717) is 11.4 Å². The number of aromatic hydroxyl groups is 1. The minimum Gasteiger partial charge on any atom is -0.507 e. The van der Waals surface area contributed by atoms with Gasteiger partial charge >= 0.3 is 0 Å². The lowest BCUT2D eigenvalue weighted by molar-refractivity contribution is 0.476. The van der Waals surface area contributed by atoms with E-state index in [2.05, 4.69) is 31.1 Å². The van der Waals surface area contributed by atoms with E-state index in [0.717, 1.165) is 4.47 Å². The van der Waals surface area contributed by atoms with Gasteiger partial charge in [0.15, 0.2) is 11.0 Å². The first-order valence-corrected chi connectivity index (χ1v) is 5.18. The minimum atomic E-state index is 0.0912. The van der Waals surface area contributed by atoms with E-state index >= 15 is 0 Å². The molecule has 0 aliphatic heterocycles. The van der Waals surface area contributed by atoms with Crippen LogP contribution < -0.4 is 0 Å². The van der Waals surface area contributed by atoms with Crippen molar-refractivity contribution in [3.63, 3.8) is 0 Å². The van der Waals surface area contributed by atoms with Gasteiger partial charge in [0.25, 0.3) is 0 Å². The largest absolute Gasteiger partial charge is 0.507 e. The number of benzene rings is 1. The molecule has 15 heavy (non-hydrogen) atoms. The summed E-state index contributed by atoms with van der Waals surface area (Å²) < 4.78 is 0.783. The summed E-state index contributed by atoms with van der Waals surface area (Å²) >= 11 is 8.80. The molecule has 76 valence electrons. The van der Waals surface area contributed by atoms with Crippen LogP contribution in [0.4, 0.5) is 0 Å². The molecule has 0 fully saturated rings. The SMILES string of the molecule is Oc1cc(Br)ccc1-c1ncc(Cl)nn1. The van der Waals surface area contributed by atoms with E-state index in [4.69, 9.17) is 11.6 Å². The molecule has 0 atom stereocenters. The Morgan fingerprint density at radius 3 is 2.67 bits per heavy atom. The predicted octanol–water partition coefficient (Wildman–Crippen LogP) is 2.66. The summed E-state index contributed by atoms with van der Waals surface area (Å²) in [6.45, 7) is 0. The van der Waals surface area contributed by atoms with Gasteiger partial charge in [0.1, 0.15) is 5.75 Å². The maximum Gasteiger partial charge on any atom is 0.185 e. The van der Waals surface area contributed by atoms with Gasteiger partial charge in [0, 0.05) is 4.47 Å². The molecule has 0 unspecified atom stereocenters. The molecule has 1 N–H and O–H groups in total. The molecule has 0 aliphatic carbocycles. The number of nitrogens with zero attached hydrogens (tertiary/aromatic N) is 3. The lowest BCUT2D eigenvalue weighted by Crippen LogP contribution is -1.92. The Morgan fingerprint density at radius 2 is 2.07 bits per heavy atom. The van der Waals surface area contributed by atoms with Crippen molar-refractivity contribution in [3.05, 3.63) is 34.0 Å². The van der Waals surface area contributed by atoms with Crippen LogP contribution in [0.25, 0.3) is 11.4 Å². The Morgan fingerprint density at radius 1 is 1.27 bits per heavy atom. The molecule has 0 radical (unpaired) electrons. The normalized spacial score (nSPS) is 10.3. The maximum atomic E-state index is 9.64. The van der Waals surface area contributed by atoms with Crippen molar-refractivity contribution in [1.82, 2.24) is 15.2 Å². The first-order chi connectivity index (χ1) is 7.16. The van der Waals surface area contributed by atoms with Gasteiger partial charge in [-0.25, -0.2) is 4.98 Å². The Kier molecular flexibility index (Phi) is 2.83. The highest BCUT2D eigenvalue weighted by Crippen LogP contribution is 2.28. The predicted molar refractivity (Wildman–Crippen MR) is 59.6 cm³/mol. The van der Waals surface area contributed by atoms with E-state index in [9.17, 15) is 5.11 Å². The first kappa shape index (κ1) is 10.3. The monoisotopic (exact) mass is 285 g/mol. The first-order valence-electron chi connectivity index (χ1n) is 4.01. The van der Waals surface area contributed by atoms with Gasteiger partial charge in [-0.2, -0.15) is 0 Å². The van der Waals surface area contributed by atoms with Crippen molar-refractivity contribution in [2.24, 2.45) is 0 Å². The molecular weight excluding hydrogens is 281 g/mol. The van der Waals surface area contributed by atoms with Crippen LogP contribution in [0, 0.1) is 0 Å². The van der Waals surface area contributed by atoms with Crippen molar-refractivity contribution in [2.75, 3.05) is 0 Å². The fraction of sp³-hybridized carbons (Fsp3) is 0. The number of hydrogen-bond donors (Lipinski definition) is 1. The number of aromatic nitrogens is 3. The standard InChI is InChI=1S/C9H5BrClN3O/c10-5-1-2-6(7(15)3-5)9-12-4-8(11)13-14-9/h1-4,15H. The Labute approximate surface area is 99.1 Å².